The molecule has 152 valence electrons. The van der Waals surface area contributed by atoms with Crippen molar-refractivity contribution >= 4 is 22.6 Å². The van der Waals surface area contributed by atoms with E-state index in [2.05, 4.69) is 38.8 Å². The number of benzene rings is 2. The summed E-state index contributed by atoms with van der Waals surface area (Å²) in [6.45, 7) is 8.48. The molecule has 1 N–H and O–H groups in total. The summed E-state index contributed by atoms with van der Waals surface area (Å²) >= 11 is 0. The molecule has 1 amide bonds. The van der Waals surface area contributed by atoms with E-state index in [0.29, 0.717) is 5.56 Å². The van der Waals surface area contributed by atoms with E-state index in [-0.39, 0.29) is 5.91 Å². The maximum absolute atomic E-state index is 12.7. The summed E-state index contributed by atoms with van der Waals surface area (Å²) in [5, 5.41) is 3.01. The Bertz CT molecular complexity index is 984. The monoisotopic (exact) mass is 390 g/mol. The summed E-state index contributed by atoms with van der Waals surface area (Å²) < 4.78 is 2.22. The molecule has 2 heterocycles. The average molecular weight is 391 g/mol. The number of likely N-dealkylation sites (tertiary alicyclic amines) is 1. The quantitative estimate of drug-likeness (QED) is 0.645. The van der Waals surface area contributed by atoms with Crippen LogP contribution in [0.25, 0.3) is 11.0 Å². The zero-order valence-electron chi connectivity index (χ0n) is 17.4. The Morgan fingerprint density at radius 2 is 1.83 bits per heavy atom. The van der Waals surface area contributed by atoms with Crippen molar-refractivity contribution in [1.29, 1.82) is 0 Å². The molecule has 1 saturated heterocycles. The molecule has 0 spiro atoms. The number of piperidine rings is 1. The Balaban J connectivity index is 1.43. The zero-order chi connectivity index (χ0) is 20.2. The topological polar surface area (TPSA) is 50.2 Å². The van der Waals surface area contributed by atoms with Crippen LogP contribution in [0.4, 0.5) is 5.69 Å². The fourth-order valence-electron chi connectivity index (χ4n) is 4.17. The number of amides is 1. The first-order chi connectivity index (χ1) is 14.1. The van der Waals surface area contributed by atoms with Crippen LogP contribution >= 0.6 is 0 Å². The van der Waals surface area contributed by atoms with Crippen LogP contribution in [0.15, 0.2) is 42.5 Å². The first-order valence-electron chi connectivity index (χ1n) is 10.7. The third kappa shape index (κ3) is 4.51. The molecule has 1 fully saturated rings. The van der Waals surface area contributed by atoms with Crippen molar-refractivity contribution < 1.29 is 4.79 Å². The van der Waals surface area contributed by atoms with Crippen molar-refractivity contribution in [2.24, 2.45) is 0 Å². The van der Waals surface area contributed by atoms with Crippen LogP contribution < -0.4 is 5.32 Å². The van der Waals surface area contributed by atoms with Gasteiger partial charge >= 0.3 is 0 Å². The second-order valence-corrected chi connectivity index (χ2v) is 8.00. The van der Waals surface area contributed by atoms with E-state index in [0.717, 1.165) is 42.1 Å². The number of aromatic nitrogens is 2. The van der Waals surface area contributed by atoms with Gasteiger partial charge in [-0.25, -0.2) is 4.98 Å². The molecule has 4 rings (SSSR count). The SMILES string of the molecule is CCCn1c(C)nc2cc(NC(=O)c3ccc(CN4CCCCC4)cc3)ccc21. The maximum atomic E-state index is 12.7. The van der Waals surface area contributed by atoms with Crippen LogP contribution in [0.3, 0.4) is 0 Å². The fraction of sp³-hybridized carbons (Fsp3) is 0.417. The van der Waals surface area contributed by atoms with E-state index in [1.54, 1.807) is 0 Å². The van der Waals surface area contributed by atoms with Crippen LogP contribution in [0.2, 0.25) is 0 Å². The molecule has 5 heteroatoms. The van der Waals surface area contributed by atoms with Gasteiger partial charge in [-0.05, 0) is 75.2 Å². The molecule has 1 aliphatic rings. The van der Waals surface area contributed by atoms with Gasteiger partial charge in [-0.15, -0.1) is 0 Å². The highest BCUT2D eigenvalue weighted by atomic mass is 16.1. The molecule has 0 aliphatic carbocycles. The van der Waals surface area contributed by atoms with Gasteiger partial charge in [-0.3, -0.25) is 9.69 Å². The van der Waals surface area contributed by atoms with Gasteiger partial charge in [0, 0.05) is 24.3 Å². The summed E-state index contributed by atoms with van der Waals surface area (Å²) in [5.41, 5.74) is 4.76. The highest BCUT2D eigenvalue weighted by Gasteiger charge is 2.12. The molecule has 29 heavy (non-hydrogen) atoms. The predicted molar refractivity (Wildman–Crippen MR) is 118 cm³/mol. The molecule has 2 aromatic carbocycles. The number of hydrogen-bond donors (Lipinski definition) is 1. The minimum Gasteiger partial charge on any atom is -0.328 e. The minimum absolute atomic E-state index is 0.0846. The zero-order valence-corrected chi connectivity index (χ0v) is 17.4. The molecule has 0 radical (unpaired) electrons. The van der Waals surface area contributed by atoms with Crippen LogP contribution in [-0.2, 0) is 13.1 Å². The lowest BCUT2D eigenvalue weighted by Crippen LogP contribution is -2.29. The summed E-state index contributed by atoms with van der Waals surface area (Å²) in [5.74, 6) is 0.924. The van der Waals surface area contributed by atoms with E-state index < -0.39 is 0 Å². The van der Waals surface area contributed by atoms with Gasteiger partial charge in [-0.2, -0.15) is 0 Å². The number of hydrogen-bond acceptors (Lipinski definition) is 3. The molecule has 1 aromatic heterocycles. The highest BCUT2D eigenvalue weighted by molar-refractivity contribution is 6.05. The van der Waals surface area contributed by atoms with E-state index >= 15 is 0 Å². The van der Waals surface area contributed by atoms with Crippen LogP contribution in [0, 0.1) is 6.92 Å². The fourth-order valence-corrected chi connectivity index (χ4v) is 4.17. The molecule has 3 aromatic rings. The van der Waals surface area contributed by atoms with Gasteiger partial charge in [0.2, 0.25) is 0 Å². The van der Waals surface area contributed by atoms with E-state index in [1.165, 1.54) is 37.9 Å². The molecular formula is C24H30N4O. The van der Waals surface area contributed by atoms with E-state index in [9.17, 15) is 4.79 Å². The highest BCUT2D eigenvalue weighted by Crippen LogP contribution is 2.21. The first-order valence-corrected chi connectivity index (χ1v) is 10.7. The van der Waals surface area contributed by atoms with Crippen molar-refractivity contribution in [1.82, 2.24) is 14.5 Å². The Labute approximate surface area is 172 Å². The number of aryl methyl sites for hydroxylation is 2. The molecule has 0 bridgehead atoms. The van der Waals surface area contributed by atoms with Gasteiger partial charge in [0.05, 0.1) is 11.0 Å². The van der Waals surface area contributed by atoms with Gasteiger partial charge in [0.25, 0.3) is 5.91 Å². The van der Waals surface area contributed by atoms with Crippen LogP contribution in [0.1, 0.15) is 54.4 Å². The number of nitrogens with one attached hydrogen (secondary N) is 1. The summed E-state index contributed by atoms with van der Waals surface area (Å²) in [6.07, 6.45) is 5.00. The Kier molecular flexibility index (Phi) is 5.95. The van der Waals surface area contributed by atoms with Crippen molar-refractivity contribution in [2.75, 3.05) is 18.4 Å². The third-order valence-corrected chi connectivity index (χ3v) is 5.72. The Hall–Kier alpha value is -2.66. The Morgan fingerprint density at radius 1 is 1.07 bits per heavy atom. The van der Waals surface area contributed by atoms with Crippen molar-refractivity contribution in [3.8, 4) is 0 Å². The van der Waals surface area contributed by atoms with Gasteiger partial charge in [-0.1, -0.05) is 25.5 Å². The minimum atomic E-state index is -0.0846. The average Bonchev–Trinajstić information content (AvgIpc) is 3.04. The van der Waals surface area contributed by atoms with Gasteiger partial charge < -0.3 is 9.88 Å². The van der Waals surface area contributed by atoms with Crippen molar-refractivity contribution in [2.45, 2.75) is 52.6 Å². The lowest BCUT2D eigenvalue weighted by atomic mass is 10.1. The number of nitrogens with zero attached hydrogens (tertiary/aromatic N) is 3. The van der Waals surface area contributed by atoms with Crippen molar-refractivity contribution in [3.63, 3.8) is 0 Å². The number of carbonyl (C=O) groups excluding carboxylic acids is 1. The van der Waals surface area contributed by atoms with Crippen LogP contribution in [0.5, 0.6) is 0 Å². The number of imidazole rings is 1. The lowest BCUT2D eigenvalue weighted by Gasteiger charge is -2.26. The molecule has 0 atom stereocenters. The number of anilines is 1. The lowest BCUT2D eigenvalue weighted by molar-refractivity contribution is 0.102. The van der Waals surface area contributed by atoms with E-state index in [4.69, 9.17) is 0 Å². The van der Waals surface area contributed by atoms with Crippen molar-refractivity contribution in [3.05, 3.63) is 59.4 Å². The number of rotatable bonds is 6. The molecule has 0 unspecified atom stereocenters. The first kappa shape index (κ1) is 19.6. The standard InChI is InChI=1S/C24H30N4O/c1-3-13-28-18(2)25-22-16-21(11-12-23(22)28)26-24(29)20-9-7-19(8-10-20)17-27-14-5-4-6-15-27/h7-12,16H,3-6,13-15,17H2,1-2H3,(H,26,29). The van der Waals surface area contributed by atoms with Gasteiger partial charge in [0.1, 0.15) is 5.82 Å². The van der Waals surface area contributed by atoms with E-state index in [1.807, 2.05) is 37.3 Å². The van der Waals surface area contributed by atoms with Gasteiger partial charge in [0.15, 0.2) is 0 Å². The predicted octanol–water partition coefficient (Wildman–Crippen LogP) is 4.99. The second-order valence-electron chi connectivity index (χ2n) is 8.00. The summed E-state index contributed by atoms with van der Waals surface area (Å²) in [7, 11) is 0. The summed E-state index contributed by atoms with van der Waals surface area (Å²) in [6, 6.07) is 13.9. The third-order valence-electron chi connectivity index (χ3n) is 5.72. The maximum Gasteiger partial charge on any atom is 0.255 e. The normalized spacial score (nSPS) is 15.0. The largest absolute Gasteiger partial charge is 0.328 e. The number of fused-ring (bicyclic) bond motifs is 1. The smallest absolute Gasteiger partial charge is 0.255 e. The summed E-state index contributed by atoms with van der Waals surface area (Å²) in [4.78, 5) is 19.8. The molecule has 5 nitrogen and oxygen atoms in total. The molecule has 0 saturated carbocycles. The number of carbonyl (C=O) groups is 1. The molecular weight excluding hydrogens is 360 g/mol. The second kappa shape index (κ2) is 8.78. The molecule has 1 aliphatic heterocycles. The van der Waals surface area contributed by atoms with Crippen LogP contribution in [-0.4, -0.2) is 33.4 Å². The Morgan fingerprint density at radius 3 is 2.55 bits per heavy atom.